The SMILES string of the molecule is O=C(NCCCNc1ccccc1)c1ccc(-c2ccccc2)cc1. The molecule has 0 saturated heterocycles. The van der Waals surface area contributed by atoms with Crippen LogP contribution in [0.5, 0.6) is 0 Å². The molecule has 0 aliphatic carbocycles. The maximum absolute atomic E-state index is 12.2. The minimum absolute atomic E-state index is 0.0284. The molecule has 126 valence electrons. The first-order valence-corrected chi connectivity index (χ1v) is 8.55. The highest BCUT2D eigenvalue weighted by atomic mass is 16.1. The van der Waals surface area contributed by atoms with E-state index in [1.165, 1.54) is 0 Å². The molecule has 3 aromatic carbocycles. The molecule has 2 N–H and O–H groups in total. The molecule has 0 unspecified atom stereocenters. The Morgan fingerprint density at radius 1 is 0.680 bits per heavy atom. The fourth-order valence-corrected chi connectivity index (χ4v) is 2.63. The standard InChI is InChI=1S/C22H22N2O/c25-22(24-17-7-16-23-21-10-5-2-6-11-21)20-14-12-19(13-15-20)18-8-3-1-4-9-18/h1-6,8-15,23H,7,16-17H2,(H,24,25). The molecular formula is C22H22N2O. The van der Waals surface area contributed by atoms with E-state index in [9.17, 15) is 4.79 Å². The minimum Gasteiger partial charge on any atom is -0.385 e. The van der Waals surface area contributed by atoms with Gasteiger partial charge in [0.2, 0.25) is 0 Å². The highest BCUT2D eigenvalue weighted by Gasteiger charge is 2.05. The molecule has 0 aliphatic heterocycles. The summed E-state index contributed by atoms with van der Waals surface area (Å²) in [5, 5.41) is 6.30. The number of para-hydroxylation sites is 1. The van der Waals surface area contributed by atoms with Crippen LogP contribution in [0.4, 0.5) is 5.69 Å². The largest absolute Gasteiger partial charge is 0.385 e. The van der Waals surface area contributed by atoms with Gasteiger partial charge in [0.25, 0.3) is 5.91 Å². The van der Waals surface area contributed by atoms with E-state index in [4.69, 9.17) is 0 Å². The molecule has 0 radical (unpaired) electrons. The monoisotopic (exact) mass is 330 g/mol. The molecule has 1 amide bonds. The van der Waals surface area contributed by atoms with Crippen LogP contribution in [0.3, 0.4) is 0 Å². The summed E-state index contributed by atoms with van der Waals surface area (Å²) in [5.41, 5.74) is 4.06. The first-order valence-electron chi connectivity index (χ1n) is 8.55. The molecule has 0 aliphatic rings. The van der Waals surface area contributed by atoms with Crippen LogP contribution < -0.4 is 10.6 Å². The lowest BCUT2D eigenvalue weighted by Gasteiger charge is -2.08. The zero-order chi connectivity index (χ0) is 17.3. The average Bonchev–Trinajstić information content (AvgIpc) is 2.69. The minimum atomic E-state index is -0.0284. The Bertz CT molecular complexity index is 783. The summed E-state index contributed by atoms with van der Waals surface area (Å²) in [6, 6.07) is 27.9. The Morgan fingerprint density at radius 2 is 1.28 bits per heavy atom. The van der Waals surface area contributed by atoms with Crippen molar-refractivity contribution < 1.29 is 4.79 Å². The summed E-state index contributed by atoms with van der Waals surface area (Å²) in [7, 11) is 0. The Balaban J connectivity index is 1.44. The number of rotatable bonds is 7. The topological polar surface area (TPSA) is 41.1 Å². The maximum atomic E-state index is 12.2. The van der Waals surface area contributed by atoms with Gasteiger partial charge in [-0.2, -0.15) is 0 Å². The first kappa shape index (κ1) is 16.8. The van der Waals surface area contributed by atoms with Crippen molar-refractivity contribution in [2.75, 3.05) is 18.4 Å². The van der Waals surface area contributed by atoms with Crippen LogP contribution in [0.1, 0.15) is 16.8 Å². The zero-order valence-corrected chi connectivity index (χ0v) is 14.1. The third-order valence-corrected chi connectivity index (χ3v) is 4.00. The lowest BCUT2D eigenvalue weighted by Crippen LogP contribution is -2.25. The van der Waals surface area contributed by atoms with E-state index in [1.807, 2.05) is 72.8 Å². The third-order valence-electron chi connectivity index (χ3n) is 4.00. The molecule has 3 nitrogen and oxygen atoms in total. The van der Waals surface area contributed by atoms with Gasteiger partial charge in [0, 0.05) is 24.3 Å². The highest BCUT2D eigenvalue weighted by Crippen LogP contribution is 2.19. The number of nitrogens with one attached hydrogen (secondary N) is 2. The Labute approximate surface area is 148 Å². The molecule has 25 heavy (non-hydrogen) atoms. The molecule has 3 aromatic rings. The number of anilines is 1. The second-order valence-electron chi connectivity index (χ2n) is 5.85. The third kappa shape index (κ3) is 4.95. The quantitative estimate of drug-likeness (QED) is 0.622. The summed E-state index contributed by atoms with van der Waals surface area (Å²) in [4.78, 5) is 12.2. The lowest BCUT2D eigenvalue weighted by atomic mass is 10.0. The Hall–Kier alpha value is -3.07. The van der Waals surface area contributed by atoms with E-state index in [2.05, 4.69) is 22.8 Å². The molecule has 0 aromatic heterocycles. The van der Waals surface area contributed by atoms with Gasteiger partial charge in [0.05, 0.1) is 0 Å². The van der Waals surface area contributed by atoms with Crippen LogP contribution in [-0.4, -0.2) is 19.0 Å². The van der Waals surface area contributed by atoms with Gasteiger partial charge < -0.3 is 10.6 Å². The smallest absolute Gasteiger partial charge is 0.251 e. The van der Waals surface area contributed by atoms with E-state index < -0.39 is 0 Å². The fourth-order valence-electron chi connectivity index (χ4n) is 2.63. The van der Waals surface area contributed by atoms with E-state index in [0.29, 0.717) is 12.1 Å². The van der Waals surface area contributed by atoms with Gasteiger partial charge in [-0.1, -0.05) is 60.7 Å². The number of benzene rings is 3. The van der Waals surface area contributed by atoms with Crippen molar-refractivity contribution in [2.45, 2.75) is 6.42 Å². The van der Waals surface area contributed by atoms with Crippen molar-refractivity contribution in [2.24, 2.45) is 0 Å². The van der Waals surface area contributed by atoms with Gasteiger partial charge in [-0.15, -0.1) is 0 Å². The summed E-state index contributed by atoms with van der Waals surface area (Å²) < 4.78 is 0. The summed E-state index contributed by atoms with van der Waals surface area (Å²) in [6.07, 6.45) is 0.878. The molecule has 3 rings (SSSR count). The van der Waals surface area contributed by atoms with Crippen molar-refractivity contribution in [1.29, 1.82) is 0 Å². The average molecular weight is 330 g/mol. The van der Waals surface area contributed by atoms with E-state index in [0.717, 1.165) is 29.8 Å². The van der Waals surface area contributed by atoms with Gasteiger partial charge in [0.15, 0.2) is 0 Å². The van der Waals surface area contributed by atoms with Gasteiger partial charge in [-0.05, 0) is 41.8 Å². The molecule has 0 saturated carbocycles. The molecule has 3 heteroatoms. The summed E-state index contributed by atoms with van der Waals surface area (Å²) in [5.74, 6) is -0.0284. The van der Waals surface area contributed by atoms with Gasteiger partial charge >= 0.3 is 0 Å². The van der Waals surface area contributed by atoms with Crippen LogP contribution in [0.15, 0.2) is 84.9 Å². The summed E-state index contributed by atoms with van der Waals surface area (Å²) in [6.45, 7) is 1.48. The molecular weight excluding hydrogens is 308 g/mol. The lowest BCUT2D eigenvalue weighted by molar-refractivity contribution is 0.0953. The molecule has 0 heterocycles. The number of hydrogen-bond donors (Lipinski definition) is 2. The number of hydrogen-bond acceptors (Lipinski definition) is 2. The maximum Gasteiger partial charge on any atom is 0.251 e. The van der Waals surface area contributed by atoms with Crippen molar-refractivity contribution in [3.05, 3.63) is 90.5 Å². The van der Waals surface area contributed by atoms with E-state index in [-0.39, 0.29) is 5.91 Å². The predicted molar refractivity (Wildman–Crippen MR) is 104 cm³/mol. The molecule has 0 bridgehead atoms. The van der Waals surface area contributed by atoms with E-state index in [1.54, 1.807) is 0 Å². The van der Waals surface area contributed by atoms with Gasteiger partial charge in [0.1, 0.15) is 0 Å². The Kier molecular flexibility index (Phi) is 5.83. The fraction of sp³-hybridized carbons (Fsp3) is 0.136. The van der Waals surface area contributed by atoms with Crippen molar-refractivity contribution in [3.8, 4) is 11.1 Å². The first-order chi connectivity index (χ1) is 12.3. The number of carbonyl (C=O) groups is 1. The normalized spacial score (nSPS) is 10.2. The van der Waals surface area contributed by atoms with Crippen LogP contribution >= 0.6 is 0 Å². The van der Waals surface area contributed by atoms with Crippen LogP contribution in [0, 0.1) is 0 Å². The Morgan fingerprint density at radius 3 is 1.96 bits per heavy atom. The predicted octanol–water partition coefficient (Wildman–Crippen LogP) is 4.59. The molecule has 0 fully saturated rings. The van der Waals surface area contributed by atoms with E-state index >= 15 is 0 Å². The van der Waals surface area contributed by atoms with Gasteiger partial charge in [-0.25, -0.2) is 0 Å². The zero-order valence-electron chi connectivity index (χ0n) is 14.1. The van der Waals surface area contributed by atoms with Crippen molar-refractivity contribution in [1.82, 2.24) is 5.32 Å². The van der Waals surface area contributed by atoms with Crippen molar-refractivity contribution >= 4 is 11.6 Å². The second-order valence-corrected chi connectivity index (χ2v) is 5.85. The number of amides is 1. The summed E-state index contributed by atoms with van der Waals surface area (Å²) >= 11 is 0. The second kappa shape index (κ2) is 8.69. The highest BCUT2D eigenvalue weighted by molar-refractivity contribution is 5.94. The van der Waals surface area contributed by atoms with Crippen molar-refractivity contribution in [3.63, 3.8) is 0 Å². The van der Waals surface area contributed by atoms with Gasteiger partial charge in [-0.3, -0.25) is 4.79 Å². The number of carbonyl (C=O) groups excluding carboxylic acids is 1. The van der Waals surface area contributed by atoms with Crippen LogP contribution in [0.25, 0.3) is 11.1 Å². The van der Waals surface area contributed by atoms with Crippen LogP contribution in [0.2, 0.25) is 0 Å². The molecule has 0 spiro atoms. The molecule has 0 atom stereocenters. The van der Waals surface area contributed by atoms with Crippen LogP contribution in [-0.2, 0) is 0 Å².